The van der Waals surface area contributed by atoms with E-state index in [2.05, 4.69) is 10.3 Å². The van der Waals surface area contributed by atoms with Crippen LogP contribution in [0, 0.1) is 6.92 Å². The lowest BCUT2D eigenvalue weighted by atomic mass is 10.2. The predicted octanol–water partition coefficient (Wildman–Crippen LogP) is 0.0847. The smallest absolute Gasteiger partial charge is 0.260 e. The van der Waals surface area contributed by atoms with Crippen LogP contribution in [-0.4, -0.2) is 49.5 Å². The number of aromatic nitrogens is 1. The molecule has 0 spiro atoms. The first-order chi connectivity index (χ1) is 9.75. The molecule has 0 aliphatic carbocycles. The molecule has 0 unspecified atom stereocenters. The van der Waals surface area contributed by atoms with Crippen molar-refractivity contribution in [2.45, 2.75) is 20.3 Å². The Labute approximate surface area is 124 Å². The van der Waals surface area contributed by atoms with Crippen LogP contribution in [0.3, 0.4) is 0 Å². The Morgan fingerprint density at radius 1 is 1.38 bits per heavy atom. The maximum Gasteiger partial charge on any atom is 0.260 e. The molecule has 0 saturated heterocycles. The van der Waals surface area contributed by atoms with Crippen LogP contribution in [0.1, 0.15) is 29.4 Å². The van der Waals surface area contributed by atoms with Gasteiger partial charge in [0, 0.05) is 25.3 Å². The highest BCUT2D eigenvalue weighted by molar-refractivity contribution is 7.88. The van der Waals surface area contributed by atoms with Crippen molar-refractivity contribution in [3.63, 3.8) is 0 Å². The Kier molecular flexibility index (Phi) is 6.10. The first kappa shape index (κ1) is 17.4. The number of amides is 1. The molecule has 1 heterocycles. The molecule has 0 fully saturated rings. The van der Waals surface area contributed by atoms with E-state index in [1.807, 2.05) is 0 Å². The van der Waals surface area contributed by atoms with Gasteiger partial charge in [-0.3, -0.25) is 9.59 Å². The molecule has 118 valence electrons. The van der Waals surface area contributed by atoms with Gasteiger partial charge in [0.05, 0.1) is 6.26 Å². The molecule has 0 aliphatic heterocycles. The lowest BCUT2D eigenvalue weighted by Gasteiger charge is -2.17. The number of aromatic amines is 1. The van der Waals surface area contributed by atoms with E-state index in [0.29, 0.717) is 31.7 Å². The molecule has 1 rings (SSSR count). The van der Waals surface area contributed by atoms with Crippen molar-refractivity contribution in [2.75, 3.05) is 25.9 Å². The largest absolute Gasteiger partial charge is 0.352 e. The summed E-state index contributed by atoms with van der Waals surface area (Å²) in [5.74, 6) is -0.460. The summed E-state index contributed by atoms with van der Waals surface area (Å²) in [6.07, 6.45) is 1.64. The number of carbonyl (C=O) groups excluding carboxylic acids is 1. The number of pyridine rings is 1. The van der Waals surface area contributed by atoms with Crippen LogP contribution in [0.4, 0.5) is 0 Å². The topological polar surface area (TPSA) is 99.3 Å². The summed E-state index contributed by atoms with van der Waals surface area (Å²) >= 11 is 0. The SMILES string of the molecule is CCN(CCCNC(=O)c1ccc(C)[nH]c1=O)S(C)(=O)=O. The lowest BCUT2D eigenvalue weighted by Crippen LogP contribution is -2.34. The fraction of sp³-hybridized carbons (Fsp3) is 0.538. The van der Waals surface area contributed by atoms with Gasteiger partial charge in [-0.05, 0) is 25.5 Å². The van der Waals surface area contributed by atoms with Crippen LogP contribution >= 0.6 is 0 Å². The quantitative estimate of drug-likeness (QED) is 0.696. The molecule has 0 atom stereocenters. The highest BCUT2D eigenvalue weighted by Gasteiger charge is 2.14. The second-order valence-corrected chi connectivity index (χ2v) is 6.73. The van der Waals surface area contributed by atoms with E-state index in [1.54, 1.807) is 19.9 Å². The standard InChI is InChI=1S/C13H21N3O4S/c1-4-16(21(3,19)20)9-5-8-14-12(17)11-7-6-10(2)15-13(11)18/h6-7H,4-5,8-9H2,1-3H3,(H,14,17)(H,15,18). The van der Waals surface area contributed by atoms with Gasteiger partial charge in [-0.1, -0.05) is 6.92 Å². The zero-order valence-electron chi connectivity index (χ0n) is 12.5. The Hall–Kier alpha value is -1.67. The van der Waals surface area contributed by atoms with E-state index in [-0.39, 0.29) is 5.56 Å². The molecular weight excluding hydrogens is 294 g/mol. The van der Waals surface area contributed by atoms with Gasteiger partial charge in [0.15, 0.2) is 0 Å². The van der Waals surface area contributed by atoms with Crippen LogP contribution in [0.25, 0.3) is 0 Å². The van der Waals surface area contributed by atoms with E-state index in [1.165, 1.54) is 10.4 Å². The Bertz CT molecular complexity index is 652. The zero-order valence-corrected chi connectivity index (χ0v) is 13.3. The molecule has 21 heavy (non-hydrogen) atoms. The summed E-state index contributed by atoms with van der Waals surface area (Å²) in [6.45, 7) is 4.52. The van der Waals surface area contributed by atoms with Gasteiger partial charge < -0.3 is 10.3 Å². The van der Waals surface area contributed by atoms with Gasteiger partial charge in [-0.15, -0.1) is 0 Å². The molecule has 0 bridgehead atoms. The molecule has 2 N–H and O–H groups in total. The van der Waals surface area contributed by atoms with Gasteiger partial charge in [0.2, 0.25) is 10.0 Å². The second kappa shape index (κ2) is 7.37. The summed E-state index contributed by atoms with van der Waals surface area (Å²) in [5.41, 5.74) is 0.304. The average Bonchev–Trinajstić information content (AvgIpc) is 2.36. The van der Waals surface area contributed by atoms with Crippen LogP contribution < -0.4 is 10.9 Å². The van der Waals surface area contributed by atoms with E-state index in [0.717, 1.165) is 6.26 Å². The van der Waals surface area contributed by atoms with E-state index >= 15 is 0 Å². The second-order valence-electron chi connectivity index (χ2n) is 4.75. The lowest BCUT2D eigenvalue weighted by molar-refractivity contribution is 0.0951. The number of sulfonamides is 1. The van der Waals surface area contributed by atoms with Crippen molar-refractivity contribution in [2.24, 2.45) is 0 Å². The number of H-pyrrole nitrogens is 1. The number of nitrogens with one attached hydrogen (secondary N) is 2. The normalized spacial score (nSPS) is 11.6. The fourth-order valence-corrected chi connectivity index (χ4v) is 2.79. The number of hydrogen-bond donors (Lipinski definition) is 2. The number of aryl methyl sites for hydroxylation is 1. The molecule has 7 nitrogen and oxygen atoms in total. The Morgan fingerprint density at radius 2 is 2.05 bits per heavy atom. The average molecular weight is 315 g/mol. The van der Waals surface area contributed by atoms with Gasteiger partial charge in [-0.25, -0.2) is 12.7 Å². The van der Waals surface area contributed by atoms with Crippen molar-refractivity contribution >= 4 is 15.9 Å². The van der Waals surface area contributed by atoms with Gasteiger partial charge in [-0.2, -0.15) is 0 Å². The number of nitrogens with zero attached hydrogens (tertiary/aromatic N) is 1. The van der Waals surface area contributed by atoms with Gasteiger partial charge >= 0.3 is 0 Å². The minimum Gasteiger partial charge on any atom is -0.352 e. The van der Waals surface area contributed by atoms with E-state index in [4.69, 9.17) is 0 Å². The number of rotatable bonds is 7. The minimum absolute atomic E-state index is 0.0519. The van der Waals surface area contributed by atoms with Crippen LogP contribution in [-0.2, 0) is 10.0 Å². The third kappa shape index (κ3) is 5.31. The van der Waals surface area contributed by atoms with Crippen molar-refractivity contribution in [1.29, 1.82) is 0 Å². The highest BCUT2D eigenvalue weighted by Crippen LogP contribution is 1.99. The van der Waals surface area contributed by atoms with Crippen molar-refractivity contribution in [1.82, 2.24) is 14.6 Å². The summed E-state index contributed by atoms with van der Waals surface area (Å²) < 4.78 is 24.1. The van der Waals surface area contributed by atoms with Gasteiger partial charge in [0.1, 0.15) is 5.56 Å². The number of hydrogen-bond acceptors (Lipinski definition) is 4. The van der Waals surface area contributed by atoms with Crippen molar-refractivity contribution < 1.29 is 13.2 Å². The monoisotopic (exact) mass is 315 g/mol. The Balaban J connectivity index is 2.49. The maximum absolute atomic E-state index is 11.8. The van der Waals surface area contributed by atoms with Crippen molar-refractivity contribution in [3.05, 3.63) is 33.7 Å². The molecule has 8 heteroatoms. The van der Waals surface area contributed by atoms with Gasteiger partial charge in [0.25, 0.3) is 11.5 Å². The summed E-state index contributed by atoms with van der Waals surface area (Å²) in [5, 5.41) is 2.61. The third-order valence-corrected chi connectivity index (χ3v) is 4.37. The zero-order chi connectivity index (χ0) is 16.0. The molecule has 0 aliphatic rings. The molecule has 1 aromatic heterocycles. The fourth-order valence-electron chi connectivity index (χ4n) is 1.86. The molecule has 0 radical (unpaired) electrons. The van der Waals surface area contributed by atoms with Crippen LogP contribution in [0.5, 0.6) is 0 Å². The first-order valence-corrected chi connectivity index (χ1v) is 8.53. The molecule has 1 aromatic rings. The molecule has 0 aromatic carbocycles. The summed E-state index contributed by atoms with van der Waals surface area (Å²) in [4.78, 5) is 26.0. The summed E-state index contributed by atoms with van der Waals surface area (Å²) in [6, 6.07) is 3.12. The third-order valence-electron chi connectivity index (χ3n) is 2.99. The molecule has 1 amide bonds. The maximum atomic E-state index is 11.8. The Morgan fingerprint density at radius 3 is 2.57 bits per heavy atom. The predicted molar refractivity (Wildman–Crippen MR) is 80.8 cm³/mol. The summed E-state index contributed by atoms with van der Waals surface area (Å²) in [7, 11) is -3.21. The first-order valence-electron chi connectivity index (χ1n) is 6.69. The highest BCUT2D eigenvalue weighted by atomic mass is 32.2. The van der Waals surface area contributed by atoms with E-state index < -0.39 is 21.5 Å². The van der Waals surface area contributed by atoms with Crippen LogP contribution in [0.15, 0.2) is 16.9 Å². The van der Waals surface area contributed by atoms with Crippen LogP contribution in [0.2, 0.25) is 0 Å². The molecule has 0 saturated carbocycles. The minimum atomic E-state index is -3.21. The molecular formula is C13H21N3O4S. The number of carbonyl (C=O) groups is 1. The van der Waals surface area contributed by atoms with E-state index in [9.17, 15) is 18.0 Å². The van der Waals surface area contributed by atoms with Crippen molar-refractivity contribution in [3.8, 4) is 0 Å².